The summed E-state index contributed by atoms with van der Waals surface area (Å²) in [6.45, 7) is 51.3. The van der Waals surface area contributed by atoms with E-state index < -0.39 is 0 Å². The molecule has 648 valence electrons. The fourth-order valence-corrected chi connectivity index (χ4v) is 16.3. The lowest BCUT2D eigenvalue weighted by molar-refractivity contribution is 0.478. The maximum absolute atomic E-state index is 5.82. The molecule has 0 saturated heterocycles. The van der Waals surface area contributed by atoms with Crippen LogP contribution >= 0.6 is 0 Å². The maximum Gasteiger partial charge on any atom is 0.130 e. The molecular weight excluding hydrogens is 1550 g/mol. The molecule has 0 spiro atoms. The molecule has 0 heterocycles. The second-order valence-electron chi connectivity index (χ2n) is 35.8. The molecule has 0 amide bonds. The molecule has 0 N–H and O–H groups in total. The van der Waals surface area contributed by atoms with Crippen LogP contribution in [0.15, 0.2) is 340 Å². The molecule has 0 aromatic heterocycles. The number of aryl methyl sites for hydroxylation is 24. The highest BCUT2D eigenvalue weighted by atomic mass is 16.5. The van der Waals surface area contributed by atoms with E-state index in [0.717, 1.165) is 35.8 Å². The molecule has 0 radical (unpaired) electrons. The molecule has 2 nitrogen and oxygen atoms in total. The summed E-state index contributed by atoms with van der Waals surface area (Å²) in [4.78, 5) is 0. The maximum atomic E-state index is 5.82. The van der Waals surface area contributed by atoms with Gasteiger partial charge in [0.05, 0.1) is 0 Å². The molecular formula is C126H132O2. The van der Waals surface area contributed by atoms with Gasteiger partial charge in [0.25, 0.3) is 0 Å². The van der Waals surface area contributed by atoms with Gasteiger partial charge in [-0.1, -0.05) is 363 Å². The summed E-state index contributed by atoms with van der Waals surface area (Å²) in [7, 11) is 0. The normalized spacial score (nSPS) is 10.6. The summed E-state index contributed by atoms with van der Waals surface area (Å²) in [5.74, 6) is 3.59. The van der Waals surface area contributed by atoms with Crippen LogP contribution in [-0.2, 0) is 12.8 Å². The van der Waals surface area contributed by atoms with Crippen molar-refractivity contribution in [1.82, 2.24) is 0 Å². The Bertz CT molecular complexity index is 6610. The van der Waals surface area contributed by atoms with Crippen LogP contribution in [0.2, 0.25) is 0 Å². The molecule has 0 fully saturated rings. The van der Waals surface area contributed by atoms with E-state index in [1.165, 1.54) is 221 Å². The van der Waals surface area contributed by atoms with Crippen LogP contribution in [-0.4, -0.2) is 0 Å². The van der Waals surface area contributed by atoms with Crippen LogP contribution in [0.5, 0.6) is 23.0 Å². The summed E-state index contributed by atoms with van der Waals surface area (Å²) in [6.07, 6.45) is 2.06. The van der Waals surface area contributed by atoms with Crippen molar-refractivity contribution in [2.24, 2.45) is 0 Å². The summed E-state index contributed by atoms with van der Waals surface area (Å²) in [6, 6.07) is 121. The average Bonchev–Trinajstić information content (AvgIpc) is 0.727. The third-order valence-corrected chi connectivity index (χ3v) is 23.8. The molecule has 0 aliphatic rings. The van der Waals surface area contributed by atoms with Gasteiger partial charge in [0.1, 0.15) is 23.0 Å². The van der Waals surface area contributed by atoms with Crippen molar-refractivity contribution in [3.63, 3.8) is 0 Å². The second kappa shape index (κ2) is 45.2. The highest BCUT2D eigenvalue weighted by Gasteiger charge is 2.11. The van der Waals surface area contributed by atoms with Crippen LogP contribution in [0.3, 0.4) is 0 Å². The molecule has 0 unspecified atom stereocenters. The van der Waals surface area contributed by atoms with Gasteiger partial charge in [-0.25, -0.2) is 0 Å². The summed E-state index contributed by atoms with van der Waals surface area (Å²) in [5.41, 5.74) is 42.5. The van der Waals surface area contributed by atoms with E-state index in [1.54, 1.807) is 0 Å². The van der Waals surface area contributed by atoms with Crippen LogP contribution in [0.25, 0.3) is 65.3 Å². The molecule has 0 aliphatic carbocycles. The smallest absolute Gasteiger partial charge is 0.130 e. The minimum absolute atomic E-state index is 0.883. The Morgan fingerprint density at radius 3 is 1.00 bits per heavy atom. The predicted octanol–water partition coefficient (Wildman–Crippen LogP) is 35.6. The lowest BCUT2D eigenvalue weighted by Gasteiger charge is -2.11. The summed E-state index contributed by atoms with van der Waals surface area (Å²) in [5, 5.41) is 10.9. The zero-order chi connectivity index (χ0) is 91.8. The Kier molecular flexibility index (Phi) is 33.6. The Labute approximate surface area is 767 Å². The Morgan fingerprint density at radius 2 is 0.531 bits per heavy atom. The third kappa shape index (κ3) is 27.8. The standard InChI is InChI=1S/2C17H16.2C16H18.2C15H16O.2C15H16/c1-11-4-6-16-13(3)17-7-5-12(2)9-15(17)10-14(16)8-11;1-11-6-4-8-14-13(3)15-9-5-7-12(2)17(15)10-16(11)14;1-12-4-6-15(7-5-12)11-16-9-13(2)8-14(3)10-16;1-12-5-4-6-15(8-12)11-16-9-13(2)7-14(3)10-16;1-11-4-7-14(8-5-11)16-15-9-6-12(2)13(3)10-15;1-11-4-7-14(8-5-11)16-15-9-6-12(2)10-13(15)3;1-11-4-7-14(8-5-11)15-9-6-12(2)13(3)10-15;1-11-4-7-14(8-5-11)15-9-6-12(2)10-13(15)3/h2*4-10H,1-3H3;2*4-10H,11H2,1-3H3;2*4-10H,1-3H3;2*4-10H,1-3H3. The molecule has 0 aliphatic heterocycles. The Hall–Kier alpha value is -13.4. The van der Waals surface area contributed by atoms with E-state index >= 15 is 0 Å². The first-order valence-corrected chi connectivity index (χ1v) is 45.2. The fraction of sp³-hybridized carbons (Fsp3) is 0.206. The van der Waals surface area contributed by atoms with Gasteiger partial charge >= 0.3 is 0 Å². The molecule has 2 heteroatoms. The van der Waals surface area contributed by atoms with Crippen molar-refractivity contribution in [3.8, 4) is 45.3 Å². The van der Waals surface area contributed by atoms with E-state index in [-0.39, 0.29) is 0 Å². The molecule has 18 aromatic rings. The SMILES string of the molecule is Cc1ccc(-c2ccc(C)c(C)c2)cc1.Cc1ccc(-c2ccc(C)cc2C)cc1.Cc1ccc(Cc2cc(C)cc(C)c2)cc1.Cc1ccc(Oc2ccc(C)c(C)c2)cc1.Cc1ccc(Oc2ccc(C)cc2C)cc1.Cc1ccc2c(C)c3ccc(C)cc3cc2c1.Cc1cccc(Cc2cc(C)cc(C)c2)c1.Cc1cccc2c(C)c3cccc(C)c3cc12. The molecule has 18 rings (SSSR count). The fourth-order valence-electron chi connectivity index (χ4n) is 16.3. The monoisotopic (exact) mass is 1680 g/mol. The summed E-state index contributed by atoms with van der Waals surface area (Å²) < 4.78 is 11.6. The quantitative estimate of drug-likeness (QED) is 0.127. The van der Waals surface area contributed by atoms with E-state index in [9.17, 15) is 0 Å². The second-order valence-corrected chi connectivity index (χ2v) is 35.8. The Morgan fingerprint density at radius 1 is 0.164 bits per heavy atom. The van der Waals surface area contributed by atoms with Crippen molar-refractivity contribution in [3.05, 3.63) is 495 Å². The minimum atomic E-state index is 0.883. The van der Waals surface area contributed by atoms with Gasteiger partial charge in [-0.15, -0.1) is 0 Å². The van der Waals surface area contributed by atoms with E-state index in [2.05, 4.69) is 469 Å². The number of ether oxygens (including phenoxy) is 2. The van der Waals surface area contributed by atoms with E-state index in [4.69, 9.17) is 9.47 Å². The first-order chi connectivity index (χ1) is 61.2. The minimum Gasteiger partial charge on any atom is -0.457 e. The van der Waals surface area contributed by atoms with Crippen molar-refractivity contribution in [1.29, 1.82) is 0 Å². The van der Waals surface area contributed by atoms with Crippen molar-refractivity contribution in [2.45, 2.75) is 179 Å². The van der Waals surface area contributed by atoms with Crippen molar-refractivity contribution < 1.29 is 9.47 Å². The van der Waals surface area contributed by atoms with E-state index in [0.29, 0.717) is 0 Å². The number of hydrogen-bond donors (Lipinski definition) is 0. The van der Waals surface area contributed by atoms with Crippen molar-refractivity contribution >= 4 is 43.1 Å². The van der Waals surface area contributed by atoms with E-state index in [1.807, 2.05) is 36.4 Å². The van der Waals surface area contributed by atoms with Crippen molar-refractivity contribution in [2.75, 3.05) is 0 Å². The van der Waals surface area contributed by atoms with Crippen LogP contribution < -0.4 is 9.47 Å². The van der Waals surface area contributed by atoms with Gasteiger partial charge in [0, 0.05) is 0 Å². The lowest BCUT2D eigenvalue weighted by atomic mass is 9.93. The highest BCUT2D eigenvalue weighted by molar-refractivity contribution is 6.05. The third-order valence-electron chi connectivity index (χ3n) is 23.8. The molecule has 128 heavy (non-hydrogen) atoms. The molecule has 0 bridgehead atoms. The van der Waals surface area contributed by atoms with Gasteiger partial charge in [-0.3, -0.25) is 0 Å². The van der Waals surface area contributed by atoms with Gasteiger partial charge in [0.15, 0.2) is 0 Å². The number of benzene rings is 18. The largest absolute Gasteiger partial charge is 0.457 e. The van der Waals surface area contributed by atoms with Crippen LogP contribution in [0, 0.1) is 166 Å². The van der Waals surface area contributed by atoms with Crippen LogP contribution in [0.1, 0.15) is 156 Å². The zero-order valence-corrected chi connectivity index (χ0v) is 80.6. The van der Waals surface area contributed by atoms with Gasteiger partial charge in [-0.05, 0) is 377 Å². The number of fused-ring (bicyclic) bond motifs is 4. The molecule has 0 saturated carbocycles. The zero-order valence-electron chi connectivity index (χ0n) is 80.6. The van der Waals surface area contributed by atoms with Gasteiger partial charge < -0.3 is 9.47 Å². The first kappa shape index (κ1) is 95.3. The van der Waals surface area contributed by atoms with Gasteiger partial charge in [0.2, 0.25) is 0 Å². The predicted molar refractivity (Wildman–Crippen MR) is 558 cm³/mol. The summed E-state index contributed by atoms with van der Waals surface area (Å²) >= 11 is 0. The molecule has 18 aromatic carbocycles. The number of rotatable bonds is 10. The average molecular weight is 1680 g/mol. The Balaban J connectivity index is 0.000000142. The molecule has 0 atom stereocenters. The lowest BCUT2D eigenvalue weighted by Crippen LogP contribution is -1.90. The number of hydrogen-bond acceptors (Lipinski definition) is 2. The topological polar surface area (TPSA) is 18.5 Å². The highest BCUT2D eigenvalue weighted by Crippen LogP contribution is 2.35. The van der Waals surface area contributed by atoms with Crippen LogP contribution in [0.4, 0.5) is 0 Å². The first-order valence-electron chi connectivity index (χ1n) is 45.2. The van der Waals surface area contributed by atoms with Gasteiger partial charge in [-0.2, -0.15) is 0 Å².